The van der Waals surface area contributed by atoms with E-state index in [9.17, 15) is 4.79 Å². The van der Waals surface area contributed by atoms with Gasteiger partial charge in [0, 0.05) is 25.7 Å². The van der Waals surface area contributed by atoms with Crippen LogP contribution in [0, 0.1) is 0 Å². The maximum atomic E-state index is 12.4. The molecule has 0 bridgehead atoms. The lowest BCUT2D eigenvalue weighted by Gasteiger charge is -2.36. The molecule has 1 heterocycles. The van der Waals surface area contributed by atoms with Crippen molar-refractivity contribution in [2.45, 2.75) is 57.8 Å². The van der Waals surface area contributed by atoms with Crippen molar-refractivity contribution in [3.8, 4) is 0 Å². The van der Waals surface area contributed by atoms with Crippen LogP contribution < -0.4 is 0 Å². The monoisotopic (exact) mass is 284 g/mol. The van der Waals surface area contributed by atoms with Crippen LogP contribution in [-0.4, -0.2) is 71.8 Å². The fraction of sp³-hybridized carbons (Fsp3) is 0.933. The Bertz CT molecular complexity index is 310. The Morgan fingerprint density at radius 3 is 2.45 bits per heavy atom. The zero-order valence-electron chi connectivity index (χ0n) is 12.8. The number of aliphatic hydroxyl groups is 1. The van der Waals surface area contributed by atoms with E-state index in [1.54, 1.807) is 0 Å². The van der Waals surface area contributed by atoms with Crippen LogP contribution in [0.2, 0.25) is 0 Å². The van der Waals surface area contributed by atoms with E-state index in [-0.39, 0.29) is 24.7 Å². The van der Waals surface area contributed by atoms with Crippen molar-refractivity contribution in [2.75, 3.05) is 32.8 Å². The molecule has 5 nitrogen and oxygen atoms in total. The van der Waals surface area contributed by atoms with Crippen molar-refractivity contribution in [3.63, 3.8) is 0 Å². The van der Waals surface area contributed by atoms with Gasteiger partial charge in [0.1, 0.15) is 0 Å². The number of nitrogens with zero attached hydrogens (tertiary/aromatic N) is 2. The van der Waals surface area contributed by atoms with Crippen LogP contribution in [-0.2, 0) is 9.53 Å². The summed E-state index contributed by atoms with van der Waals surface area (Å²) in [6.07, 6.45) is 4.47. The minimum Gasteiger partial charge on any atom is -0.396 e. The van der Waals surface area contributed by atoms with Crippen LogP contribution in [0.5, 0.6) is 0 Å². The predicted octanol–water partition coefficient (Wildman–Crippen LogP) is 0.859. The van der Waals surface area contributed by atoms with Gasteiger partial charge in [-0.3, -0.25) is 9.69 Å². The van der Waals surface area contributed by atoms with Gasteiger partial charge in [-0.05, 0) is 46.1 Å². The molecule has 1 N–H and O–H groups in total. The second kappa shape index (κ2) is 7.38. The van der Waals surface area contributed by atoms with Gasteiger partial charge in [-0.2, -0.15) is 0 Å². The predicted molar refractivity (Wildman–Crippen MR) is 77.5 cm³/mol. The van der Waals surface area contributed by atoms with Crippen molar-refractivity contribution in [2.24, 2.45) is 0 Å². The molecule has 0 aromatic rings. The molecule has 20 heavy (non-hydrogen) atoms. The van der Waals surface area contributed by atoms with Crippen LogP contribution in [0.25, 0.3) is 0 Å². The standard InChI is InChI=1S/C15H28N2O3/c1-12-9-17(10-13(2)20-12)15(19)11-16(14-5-6-14)7-3-4-8-18/h12-14,18H,3-11H2,1-2H3. The number of amides is 1. The molecular weight excluding hydrogens is 256 g/mol. The minimum atomic E-state index is 0.131. The van der Waals surface area contributed by atoms with Crippen molar-refractivity contribution < 1.29 is 14.6 Å². The van der Waals surface area contributed by atoms with Crippen molar-refractivity contribution in [1.29, 1.82) is 0 Å². The maximum absolute atomic E-state index is 12.4. The highest BCUT2D eigenvalue weighted by Gasteiger charge is 2.32. The molecule has 1 saturated carbocycles. The lowest BCUT2D eigenvalue weighted by molar-refractivity contribution is -0.144. The van der Waals surface area contributed by atoms with Gasteiger partial charge in [0.25, 0.3) is 0 Å². The summed E-state index contributed by atoms with van der Waals surface area (Å²) < 4.78 is 5.68. The van der Waals surface area contributed by atoms with E-state index in [0.29, 0.717) is 25.7 Å². The highest BCUT2D eigenvalue weighted by molar-refractivity contribution is 5.78. The molecule has 0 radical (unpaired) electrons. The molecule has 2 atom stereocenters. The van der Waals surface area contributed by atoms with Gasteiger partial charge < -0.3 is 14.7 Å². The number of ether oxygens (including phenoxy) is 1. The maximum Gasteiger partial charge on any atom is 0.236 e. The molecule has 1 aliphatic heterocycles. The summed E-state index contributed by atoms with van der Waals surface area (Å²) in [6, 6.07) is 0.591. The zero-order chi connectivity index (χ0) is 14.5. The fourth-order valence-corrected chi connectivity index (χ4v) is 2.91. The average molecular weight is 284 g/mol. The van der Waals surface area contributed by atoms with E-state index < -0.39 is 0 Å². The highest BCUT2D eigenvalue weighted by Crippen LogP contribution is 2.27. The largest absolute Gasteiger partial charge is 0.396 e. The number of morpholine rings is 1. The molecule has 1 saturated heterocycles. The molecule has 2 unspecified atom stereocenters. The number of aliphatic hydroxyl groups excluding tert-OH is 1. The molecular formula is C15H28N2O3. The zero-order valence-corrected chi connectivity index (χ0v) is 12.8. The molecule has 2 rings (SSSR count). The van der Waals surface area contributed by atoms with Gasteiger partial charge in [-0.1, -0.05) is 0 Å². The number of carbonyl (C=O) groups is 1. The Hall–Kier alpha value is -0.650. The van der Waals surface area contributed by atoms with Gasteiger partial charge in [0.05, 0.1) is 18.8 Å². The van der Waals surface area contributed by atoms with E-state index >= 15 is 0 Å². The van der Waals surface area contributed by atoms with Gasteiger partial charge in [0.2, 0.25) is 5.91 Å². The van der Waals surface area contributed by atoms with Crippen molar-refractivity contribution in [1.82, 2.24) is 9.80 Å². The summed E-state index contributed by atoms with van der Waals surface area (Å²) in [4.78, 5) is 16.7. The Labute approximate surface area is 121 Å². The molecule has 116 valence electrons. The first-order valence-electron chi connectivity index (χ1n) is 7.88. The van der Waals surface area contributed by atoms with Gasteiger partial charge >= 0.3 is 0 Å². The fourth-order valence-electron chi connectivity index (χ4n) is 2.91. The van der Waals surface area contributed by atoms with Crippen molar-refractivity contribution in [3.05, 3.63) is 0 Å². The third-order valence-corrected chi connectivity index (χ3v) is 4.03. The summed E-state index contributed by atoms with van der Waals surface area (Å²) in [7, 11) is 0. The van der Waals surface area contributed by atoms with Crippen LogP contribution in [0.4, 0.5) is 0 Å². The van der Waals surface area contributed by atoms with Gasteiger partial charge in [-0.25, -0.2) is 0 Å². The molecule has 2 aliphatic rings. The highest BCUT2D eigenvalue weighted by atomic mass is 16.5. The molecule has 0 spiro atoms. The second-order valence-electron chi connectivity index (χ2n) is 6.19. The Kier molecular flexibility index (Phi) is 5.81. The third kappa shape index (κ3) is 4.72. The number of carbonyl (C=O) groups excluding carboxylic acids is 1. The van der Waals surface area contributed by atoms with E-state index in [1.807, 2.05) is 18.7 Å². The van der Waals surface area contributed by atoms with Crippen LogP contribution >= 0.6 is 0 Å². The van der Waals surface area contributed by atoms with Gasteiger partial charge in [-0.15, -0.1) is 0 Å². The summed E-state index contributed by atoms with van der Waals surface area (Å²) >= 11 is 0. The topological polar surface area (TPSA) is 53.0 Å². The normalized spacial score (nSPS) is 27.1. The van der Waals surface area contributed by atoms with E-state index in [0.717, 1.165) is 19.4 Å². The Balaban J connectivity index is 1.81. The molecule has 0 aromatic heterocycles. The Morgan fingerprint density at radius 1 is 1.25 bits per heavy atom. The van der Waals surface area contributed by atoms with E-state index in [1.165, 1.54) is 12.8 Å². The van der Waals surface area contributed by atoms with Crippen LogP contribution in [0.1, 0.15) is 39.5 Å². The summed E-state index contributed by atoms with van der Waals surface area (Å²) in [5.41, 5.74) is 0. The lowest BCUT2D eigenvalue weighted by Crippen LogP contribution is -2.51. The SMILES string of the molecule is CC1CN(C(=O)CN(CCCCO)C2CC2)CC(C)O1. The number of hydrogen-bond acceptors (Lipinski definition) is 4. The molecule has 0 aromatic carbocycles. The van der Waals surface area contributed by atoms with Gasteiger partial charge in [0.15, 0.2) is 0 Å². The Morgan fingerprint density at radius 2 is 1.90 bits per heavy atom. The second-order valence-corrected chi connectivity index (χ2v) is 6.19. The molecule has 1 amide bonds. The van der Waals surface area contributed by atoms with Crippen LogP contribution in [0.15, 0.2) is 0 Å². The number of unbranched alkanes of at least 4 members (excludes halogenated alkanes) is 1. The third-order valence-electron chi connectivity index (χ3n) is 4.03. The lowest BCUT2D eigenvalue weighted by atomic mass is 10.2. The number of hydrogen-bond donors (Lipinski definition) is 1. The molecule has 2 fully saturated rings. The minimum absolute atomic E-state index is 0.131. The quantitative estimate of drug-likeness (QED) is 0.705. The summed E-state index contributed by atoms with van der Waals surface area (Å²) in [5.74, 6) is 0.225. The number of rotatable bonds is 7. The summed E-state index contributed by atoms with van der Waals surface area (Å²) in [6.45, 7) is 7.15. The first-order chi connectivity index (χ1) is 9.60. The smallest absolute Gasteiger partial charge is 0.236 e. The van der Waals surface area contributed by atoms with E-state index in [4.69, 9.17) is 9.84 Å². The first kappa shape index (κ1) is 15.7. The molecule has 5 heteroatoms. The van der Waals surface area contributed by atoms with E-state index in [2.05, 4.69) is 4.90 Å². The van der Waals surface area contributed by atoms with Crippen LogP contribution in [0.3, 0.4) is 0 Å². The molecule has 1 aliphatic carbocycles. The van der Waals surface area contributed by atoms with Crippen molar-refractivity contribution >= 4 is 5.91 Å². The average Bonchev–Trinajstić information content (AvgIpc) is 3.20. The summed E-state index contributed by atoms with van der Waals surface area (Å²) in [5, 5.41) is 8.87. The first-order valence-corrected chi connectivity index (χ1v) is 7.88.